The van der Waals surface area contributed by atoms with E-state index in [2.05, 4.69) is 5.32 Å². The van der Waals surface area contributed by atoms with Crippen LogP contribution in [-0.2, 0) is 21.0 Å². The van der Waals surface area contributed by atoms with E-state index in [9.17, 15) is 26.4 Å². The Morgan fingerprint density at radius 3 is 2.31 bits per heavy atom. The van der Waals surface area contributed by atoms with Crippen molar-refractivity contribution in [3.05, 3.63) is 64.7 Å². The van der Waals surface area contributed by atoms with E-state index in [-0.39, 0.29) is 11.7 Å². The highest BCUT2D eigenvalue weighted by Gasteiger charge is 2.34. The molecule has 2 aromatic rings. The van der Waals surface area contributed by atoms with Crippen molar-refractivity contribution in [1.29, 1.82) is 0 Å². The molecule has 2 rings (SSSR count). The Kier molecular flexibility index (Phi) is 7.18. The van der Waals surface area contributed by atoms with Gasteiger partial charge in [-0.15, -0.1) is 0 Å². The Morgan fingerprint density at radius 1 is 1.17 bits per heavy atom. The molecule has 0 aromatic heterocycles. The van der Waals surface area contributed by atoms with Gasteiger partial charge < -0.3 is 5.32 Å². The summed E-state index contributed by atoms with van der Waals surface area (Å²) in [6.45, 7) is 1.18. The molecule has 1 N–H and O–H groups in total. The molecule has 0 fully saturated rings. The summed E-state index contributed by atoms with van der Waals surface area (Å²) in [5.41, 5.74) is -0.645. The number of alkyl halides is 3. The fraction of sp³-hybridized carbons (Fsp3) is 0.316. The second-order valence-electron chi connectivity index (χ2n) is 6.37. The van der Waals surface area contributed by atoms with Crippen molar-refractivity contribution in [3.63, 3.8) is 0 Å². The van der Waals surface area contributed by atoms with Gasteiger partial charge in [0.05, 0.1) is 28.6 Å². The van der Waals surface area contributed by atoms with E-state index in [1.54, 1.807) is 12.1 Å². The average Bonchev–Trinajstić information content (AvgIpc) is 2.63. The molecule has 1 amide bonds. The molecule has 0 saturated heterocycles. The summed E-state index contributed by atoms with van der Waals surface area (Å²) in [6.07, 6.45) is -3.40. The first-order chi connectivity index (χ1) is 13.4. The van der Waals surface area contributed by atoms with Crippen LogP contribution in [0.1, 0.15) is 30.5 Å². The lowest BCUT2D eigenvalue weighted by molar-refractivity contribution is -0.137. The third-order valence-electron chi connectivity index (χ3n) is 4.18. The number of nitrogens with zero attached hydrogens (tertiary/aromatic N) is 1. The van der Waals surface area contributed by atoms with E-state index in [1.807, 2.05) is 25.1 Å². The van der Waals surface area contributed by atoms with Gasteiger partial charge in [0.1, 0.15) is 6.54 Å². The summed E-state index contributed by atoms with van der Waals surface area (Å²) in [5, 5.41) is 2.16. The van der Waals surface area contributed by atoms with E-state index in [0.717, 1.165) is 24.0 Å². The molecule has 0 radical (unpaired) electrons. The Labute approximate surface area is 172 Å². The molecule has 1 atom stereocenters. The number of anilines is 1. The van der Waals surface area contributed by atoms with Gasteiger partial charge in [0.25, 0.3) is 0 Å². The second-order valence-corrected chi connectivity index (χ2v) is 8.68. The number of halogens is 4. The largest absolute Gasteiger partial charge is 0.417 e. The Morgan fingerprint density at radius 2 is 1.79 bits per heavy atom. The number of benzene rings is 2. The van der Waals surface area contributed by atoms with Crippen molar-refractivity contribution >= 4 is 33.2 Å². The zero-order valence-corrected chi connectivity index (χ0v) is 17.3. The molecular formula is C19H20ClF3N2O3S. The van der Waals surface area contributed by atoms with Crippen LogP contribution in [0, 0.1) is 0 Å². The maximum atomic E-state index is 13.1. The minimum atomic E-state index is -4.76. The number of hydrogen-bond acceptors (Lipinski definition) is 3. The number of sulfonamides is 1. The smallest absolute Gasteiger partial charge is 0.348 e. The normalized spacial score (nSPS) is 13.0. The highest BCUT2D eigenvalue weighted by atomic mass is 35.5. The molecule has 158 valence electrons. The first-order valence-corrected chi connectivity index (χ1v) is 10.8. The number of carbonyl (C=O) groups is 1. The van der Waals surface area contributed by atoms with E-state index >= 15 is 0 Å². The van der Waals surface area contributed by atoms with Gasteiger partial charge in [0.2, 0.25) is 15.9 Å². The topological polar surface area (TPSA) is 66.5 Å². The van der Waals surface area contributed by atoms with Gasteiger partial charge in [-0.3, -0.25) is 9.10 Å². The lowest BCUT2D eigenvalue weighted by Crippen LogP contribution is -2.41. The van der Waals surface area contributed by atoms with Crippen molar-refractivity contribution in [2.45, 2.75) is 25.6 Å². The van der Waals surface area contributed by atoms with Crippen LogP contribution in [0.15, 0.2) is 48.5 Å². The highest BCUT2D eigenvalue weighted by Crippen LogP contribution is 2.37. The maximum absolute atomic E-state index is 13.1. The summed E-state index contributed by atoms with van der Waals surface area (Å²) in [4.78, 5) is 12.5. The second kappa shape index (κ2) is 9.04. The van der Waals surface area contributed by atoms with E-state index < -0.39 is 39.2 Å². The van der Waals surface area contributed by atoms with Crippen LogP contribution in [0.5, 0.6) is 0 Å². The molecule has 1 unspecified atom stereocenters. The quantitative estimate of drug-likeness (QED) is 0.683. The number of nitrogens with one attached hydrogen (secondary N) is 1. The fourth-order valence-electron chi connectivity index (χ4n) is 2.76. The van der Waals surface area contributed by atoms with Crippen molar-refractivity contribution in [2.75, 3.05) is 17.1 Å². The Balaban J connectivity index is 2.30. The van der Waals surface area contributed by atoms with Gasteiger partial charge in [-0.25, -0.2) is 8.42 Å². The molecule has 5 nitrogen and oxygen atoms in total. The van der Waals surface area contributed by atoms with Crippen LogP contribution in [0.3, 0.4) is 0 Å². The minimum Gasteiger partial charge on any atom is -0.348 e. The van der Waals surface area contributed by atoms with Crippen LogP contribution in [0.4, 0.5) is 18.9 Å². The van der Waals surface area contributed by atoms with Crippen molar-refractivity contribution < 1.29 is 26.4 Å². The summed E-state index contributed by atoms with van der Waals surface area (Å²) in [5.74, 6) is -0.644. The molecule has 0 bridgehead atoms. The standard InChI is InChI=1S/C19H20ClF3N2O3S/c1-3-17(13-7-5-4-6-8-13)24-18(26)12-25(29(2,27)28)14-9-10-16(20)15(11-14)19(21,22)23/h4-11,17H,3,12H2,1-2H3,(H,24,26). The van der Waals surface area contributed by atoms with Crippen LogP contribution in [-0.4, -0.2) is 27.1 Å². The zero-order chi connectivity index (χ0) is 21.8. The number of rotatable bonds is 7. The third-order valence-corrected chi connectivity index (χ3v) is 5.65. The number of amides is 1. The molecule has 0 aliphatic heterocycles. The van der Waals surface area contributed by atoms with E-state index in [1.165, 1.54) is 0 Å². The molecule has 10 heteroatoms. The molecule has 29 heavy (non-hydrogen) atoms. The summed E-state index contributed by atoms with van der Waals surface area (Å²) >= 11 is 5.59. The summed E-state index contributed by atoms with van der Waals surface area (Å²) in [6, 6.07) is 11.4. The first kappa shape index (κ1) is 23.0. The molecule has 0 spiro atoms. The summed E-state index contributed by atoms with van der Waals surface area (Å²) in [7, 11) is -4.03. The minimum absolute atomic E-state index is 0.299. The van der Waals surface area contributed by atoms with E-state index in [0.29, 0.717) is 16.8 Å². The van der Waals surface area contributed by atoms with Gasteiger partial charge in [-0.2, -0.15) is 13.2 Å². The van der Waals surface area contributed by atoms with Crippen LogP contribution >= 0.6 is 11.6 Å². The highest BCUT2D eigenvalue weighted by molar-refractivity contribution is 7.92. The van der Waals surface area contributed by atoms with Crippen LogP contribution in [0.25, 0.3) is 0 Å². The van der Waals surface area contributed by atoms with Crippen molar-refractivity contribution in [2.24, 2.45) is 0 Å². The lowest BCUT2D eigenvalue weighted by Gasteiger charge is -2.25. The summed E-state index contributed by atoms with van der Waals surface area (Å²) < 4.78 is 64.3. The van der Waals surface area contributed by atoms with Crippen molar-refractivity contribution in [3.8, 4) is 0 Å². The Bertz CT molecular complexity index is 966. The molecule has 0 aliphatic rings. The lowest BCUT2D eigenvalue weighted by atomic mass is 10.0. The number of hydrogen-bond donors (Lipinski definition) is 1. The monoisotopic (exact) mass is 448 g/mol. The van der Waals surface area contributed by atoms with Crippen LogP contribution < -0.4 is 9.62 Å². The first-order valence-electron chi connectivity index (χ1n) is 8.62. The molecule has 0 heterocycles. The fourth-order valence-corrected chi connectivity index (χ4v) is 3.84. The van der Waals surface area contributed by atoms with E-state index in [4.69, 9.17) is 11.6 Å². The van der Waals surface area contributed by atoms with Gasteiger partial charge in [0.15, 0.2) is 0 Å². The van der Waals surface area contributed by atoms with Gasteiger partial charge in [0, 0.05) is 0 Å². The van der Waals surface area contributed by atoms with Crippen molar-refractivity contribution in [1.82, 2.24) is 5.32 Å². The number of carbonyl (C=O) groups excluding carboxylic acids is 1. The van der Waals surface area contributed by atoms with Gasteiger partial charge in [-0.1, -0.05) is 48.9 Å². The molecular weight excluding hydrogens is 429 g/mol. The SMILES string of the molecule is CCC(NC(=O)CN(c1ccc(Cl)c(C(F)(F)F)c1)S(C)(=O)=O)c1ccccc1. The molecule has 2 aromatic carbocycles. The van der Waals surface area contributed by atoms with Crippen LogP contribution in [0.2, 0.25) is 5.02 Å². The molecule has 0 saturated carbocycles. The predicted octanol–water partition coefficient (Wildman–Crippen LogP) is 4.39. The van der Waals surface area contributed by atoms with Gasteiger partial charge in [-0.05, 0) is 30.2 Å². The zero-order valence-electron chi connectivity index (χ0n) is 15.7. The molecule has 0 aliphatic carbocycles. The maximum Gasteiger partial charge on any atom is 0.417 e. The Hall–Kier alpha value is -2.26. The van der Waals surface area contributed by atoms with Gasteiger partial charge >= 0.3 is 6.18 Å². The third kappa shape index (κ3) is 6.11. The average molecular weight is 449 g/mol. The predicted molar refractivity (Wildman–Crippen MR) is 106 cm³/mol.